The lowest BCUT2D eigenvalue weighted by Crippen LogP contribution is -1.95. The average Bonchev–Trinajstić information content (AvgIpc) is 3.02. The lowest BCUT2D eigenvalue weighted by Gasteiger charge is -2.03. The average molecular weight is 257 g/mol. The van der Waals surface area contributed by atoms with Crippen LogP contribution in [0.25, 0.3) is 10.4 Å². The minimum Gasteiger partial charge on any atom is -0.493 e. The Morgan fingerprint density at radius 1 is 1.22 bits per heavy atom. The van der Waals surface area contributed by atoms with Gasteiger partial charge in [-0.05, 0) is 22.7 Å². The fraction of sp³-hybridized carbons (Fsp3) is 0.0769. The minimum absolute atomic E-state index is 0.0810. The van der Waals surface area contributed by atoms with E-state index in [2.05, 4.69) is 21.5 Å². The number of aromatic nitrogens is 3. The topological polar surface area (TPSA) is 50.9 Å². The van der Waals surface area contributed by atoms with Crippen LogP contribution in [0.5, 0.6) is 5.88 Å². The highest BCUT2D eigenvalue weighted by molar-refractivity contribution is 7.09. The van der Waals surface area contributed by atoms with E-state index in [1.165, 1.54) is 17.1 Å². The van der Waals surface area contributed by atoms with Crippen molar-refractivity contribution in [2.75, 3.05) is 0 Å². The molecule has 0 unspecified atom stereocenters. The van der Waals surface area contributed by atoms with Crippen LogP contribution in [0.2, 0.25) is 0 Å². The van der Waals surface area contributed by atoms with E-state index >= 15 is 0 Å². The van der Waals surface area contributed by atoms with Gasteiger partial charge in [-0.25, -0.2) is 4.98 Å². The van der Waals surface area contributed by atoms with E-state index in [0.717, 1.165) is 17.0 Å². The highest BCUT2D eigenvalue weighted by Crippen LogP contribution is 2.27. The molecule has 0 atom stereocenters. The van der Waals surface area contributed by atoms with Crippen LogP contribution in [-0.4, -0.2) is 19.0 Å². The zero-order valence-corrected chi connectivity index (χ0v) is 10.3. The third kappa shape index (κ3) is 2.26. The molecule has 0 amide bonds. The zero-order valence-electron chi connectivity index (χ0n) is 9.52. The SMILES string of the molecule is Oc1cc(-c2ccc(Cn3ccnc3)cc2)sn1. The van der Waals surface area contributed by atoms with Gasteiger partial charge in [0.15, 0.2) is 0 Å². The van der Waals surface area contributed by atoms with Gasteiger partial charge in [0.2, 0.25) is 5.88 Å². The van der Waals surface area contributed by atoms with Crippen LogP contribution in [0, 0.1) is 0 Å². The molecule has 0 bridgehead atoms. The Labute approximate surface area is 108 Å². The predicted molar refractivity (Wildman–Crippen MR) is 70.5 cm³/mol. The van der Waals surface area contributed by atoms with Gasteiger partial charge in [0.1, 0.15) is 0 Å². The number of imidazole rings is 1. The molecule has 5 heteroatoms. The van der Waals surface area contributed by atoms with E-state index in [-0.39, 0.29) is 5.88 Å². The lowest BCUT2D eigenvalue weighted by molar-refractivity contribution is 0.460. The van der Waals surface area contributed by atoms with Crippen LogP contribution in [0.1, 0.15) is 5.56 Å². The number of hydrogen-bond acceptors (Lipinski definition) is 4. The van der Waals surface area contributed by atoms with E-state index < -0.39 is 0 Å². The molecule has 0 aliphatic carbocycles. The molecule has 0 aliphatic heterocycles. The molecule has 18 heavy (non-hydrogen) atoms. The second-order valence-electron chi connectivity index (χ2n) is 3.98. The molecule has 0 saturated heterocycles. The van der Waals surface area contributed by atoms with Gasteiger partial charge in [-0.1, -0.05) is 24.3 Å². The Balaban J connectivity index is 1.81. The Morgan fingerprint density at radius 3 is 2.67 bits per heavy atom. The maximum Gasteiger partial charge on any atom is 0.223 e. The summed E-state index contributed by atoms with van der Waals surface area (Å²) in [5, 5.41) is 9.23. The Kier molecular flexibility index (Phi) is 2.82. The molecular weight excluding hydrogens is 246 g/mol. The van der Waals surface area contributed by atoms with E-state index in [1.54, 1.807) is 18.6 Å². The van der Waals surface area contributed by atoms with Gasteiger partial charge in [0.25, 0.3) is 0 Å². The van der Waals surface area contributed by atoms with Crippen molar-refractivity contribution >= 4 is 11.5 Å². The highest BCUT2D eigenvalue weighted by Gasteiger charge is 2.03. The van der Waals surface area contributed by atoms with E-state index in [1.807, 2.05) is 22.9 Å². The summed E-state index contributed by atoms with van der Waals surface area (Å²) >= 11 is 1.30. The molecule has 2 aromatic heterocycles. The second kappa shape index (κ2) is 4.62. The molecular formula is C13H11N3OS. The first-order chi connectivity index (χ1) is 8.81. The summed E-state index contributed by atoms with van der Waals surface area (Å²) in [6, 6.07) is 9.91. The van der Waals surface area contributed by atoms with Crippen molar-refractivity contribution in [3.8, 4) is 16.3 Å². The van der Waals surface area contributed by atoms with Crippen molar-refractivity contribution < 1.29 is 5.11 Å². The van der Waals surface area contributed by atoms with Crippen molar-refractivity contribution in [3.05, 3.63) is 54.6 Å². The Bertz CT molecular complexity index is 629. The number of aromatic hydroxyl groups is 1. The van der Waals surface area contributed by atoms with E-state index in [9.17, 15) is 5.11 Å². The molecule has 1 N–H and O–H groups in total. The smallest absolute Gasteiger partial charge is 0.223 e. The maximum absolute atomic E-state index is 9.23. The van der Waals surface area contributed by atoms with Crippen molar-refractivity contribution in [1.29, 1.82) is 0 Å². The Morgan fingerprint density at radius 2 is 2.06 bits per heavy atom. The van der Waals surface area contributed by atoms with Crippen molar-refractivity contribution in [2.45, 2.75) is 6.54 Å². The monoisotopic (exact) mass is 257 g/mol. The standard InChI is InChI=1S/C13H11N3OS/c17-13-7-12(18-15-13)11-3-1-10(2-4-11)8-16-6-5-14-9-16/h1-7,9H,8H2,(H,15,17). The molecule has 3 rings (SSSR count). The molecule has 0 fully saturated rings. The van der Waals surface area contributed by atoms with Gasteiger partial charge in [-0.3, -0.25) is 0 Å². The summed E-state index contributed by atoms with van der Waals surface area (Å²) in [6.07, 6.45) is 5.51. The molecule has 4 nitrogen and oxygen atoms in total. The van der Waals surface area contributed by atoms with E-state index in [0.29, 0.717) is 0 Å². The minimum atomic E-state index is 0.0810. The van der Waals surface area contributed by atoms with Gasteiger partial charge >= 0.3 is 0 Å². The van der Waals surface area contributed by atoms with Crippen LogP contribution in [-0.2, 0) is 6.54 Å². The molecule has 2 heterocycles. The summed E-state index contributed by atoms with van der Waals surface area (Å²) in [4.78, 5) is 4.99. The normalized spacial score (nSPS) is 10.7. The summed E-state index contributed by atoms with van der Waals surface area (Å²) < 4.78 is 5.88. The quantitative estimate of drug-likeness (QED) is 0.785. The molecule has 0 spiro atoms. The summed E-state index contributed by atoms with van der Waals surface area (Å²) in [5.41, 5.74) is 2.28. The largest absolute Gasteiger partial charge is 0.493 e. The van der Waals surface area contributed by atoms with Gasteiger partial charge < -0.3 is 9.67 Å². The third-order valence-electron chi connectivity index (χ3n) is 2.66. The lowest BCUT2D eigenvalue weighted by atomic mass is 10.1. The molecule has 0 radical (unpaired) electrons. The fourth-order valence-corrected chi connectivity index (χ4v) is 2.41. The number of nitrogens with zero attached hydrogens (tertiary/aromatic N) is 3. The summed E-state index contributed by atoms with van der Waals surface area (Å²) in [5.74, 6) is 0.0810. The van der Waals surface area contributed by atoms with Gasteiger partial charge in [0.05, 0.1) is 11.2 Å². The van der Waals surface area contributed by atoms with Gasteiger partial charge in [-0.2, -0.15) is 4.37 Å². The highest BCUT2D eigenvalue weighted by atomic mass is 32.1. The second-order valence-corrected chi connectivity index (χ2v) is 4.79. The fourth-order valence-electron chi connectivity index (χ4n) is 1.77. The van der Waals surface area contributed by atoms with Crippen molar-refractivity contribution in [1.82, 2.24) is 13.9 Å². The van der Waals surface area contributed by atoms with Gasteiger partial charge in [0, 0.05) is 25.0 Å². The third-order valence-corrected chi connectivity index (χ3v) is 3.49. The summed E-state index contributed by atoms with van der Waals surface area (Å²) in [6.45, 7) is 0.814. The molecule has 1 aromatic carbocycles. The molecule has 0 aliphatic rings. The number of hydrogen-bond donors (Lipinski definition) is 1. The summed E-state index contributed by atoms with van der Waals surface area (Å²) in [7, 11) is 0. The number of rotatable bonds is 3. The van der Waals surface area contributed by atoms with Crippen LogP contribution in [0.15, 0.2) is 49.1 Å². The maximum atomic E-state index is 9.23. The van der Waals surface area contributed by atoms with E-state index in [4.69, 9.17) is 0 Å². The zero-order chi connectivity index (χ0) is 12.4. The number of benzene rings is 1. The Hall–Kier alpha value is -2.14. The molecule has 90 valence electrons. The predicted octanol–water partition coefficient (Wildman–Crippen LogP) is 2.76. The first-order valence-corrected chi connectivity index (χ1v) is 6.29. The van der Waals surface area contributed by atoms with Crippen molar-refractivity contribution in [2.24, 2.45) is 0 Å². The van der Waals surface area contributed by atoms with Gasteiger partial charge in [-0.15, -0.1) is 0 Å². The van der Waals surface area contributed by atoms with Crippen LogP contribution in [0.3, 0.4) is 0 Å². The molecule has 0 saturated carbocycles. The first kappa shape index (κ1) is 11.0. The van der Waals surface area contributed by atoms with Crippen LogP contribution < -0.4 is 0 Å². The van der Waals surface area contributed by atoms with Crippen LogP contribution >= 0.6 is 11.5 Å². The first-order valence-electron chi connectivity index (χ1n) is 5.52. The molecule has 3 aromatic rings. The van der Waals surface area contributed by atoms with Crippen LogP contribution in [0.4, 0.5) is 0 Å². The van der Waals surface area contributed by atoms with Crippen molar-refractivity contribution in [3.63, 3.8) is 0 Å².